The summed E-state index contributed by atoms with van der Waals surface area (Å²) >= 11 is 0. The molecular weight excluding hydrogens is 608 g/mol. The highest BCUT2D eigenvalue weighted by molar-refractivity contribution is 5.86. The van der Waals surface area contributed by atoms with E-state index in [1.54, 1.807) is 0 Å². The molecule has 5 rings (SSSR count). The molecule has 2 aliphatic heterocycles. The van der Waals surface area contributed by atoms with Crippen molar-refractivity contribution in [3.63, 3.8) is 0 Å². The molecule has 16 heteroatoms. The van der Waals surface area contributed by atoms with Crippen molar-refractivity contribution >= 4 is 17.1 Å². The average Bonchev–Trinajstić information content (AvgIpc) is 2.89. The van der Waals surface area contributed by atoms with Gasteiger partial charge in [-0.25, -0.2) is 0 Å². The van der Waals surface area contributed by atoms with E-state index in [2.05, 4.69) is 4.98 Å². The average molecular weight is 628 g/mol. The molecule has 0 radical (unpaired) electrons. The summed E-state index contributed by atoms with van der Waals surface area (Å²) in [5.41, 5.74) is -5.21. The molecule has 0 atom stereocenters. The quantitative estimate of drug-likeness (QED) is 0.273. The Morgan fingerprint density at radius 1 is 0.488 bits per heavy atom. The van der Waals surface area contributed by atoms with Gasteiger partial charge in [0.25, 0.3) is 0 Å². The number of anilines is 3. The molecule has 0 N–H and O–H groups in total. The Kier molecular flexibility index (Phi) is 7.40. The van der Waals surface area contributed by atoms with Crippen LogP contribution < -0.4 is 14.7 Å². The van der Waals surface area contributed by atoms with E-state index in [0.29, 0.717) is 54.4 Å². The number of hydrogen-bond donors (Lipinski definition) is 0. The van der Waals surface area contributed by atoms with E-state index >= 15 is 0 Å². The molecule has 0 bridgehead atoms. The first-order chi connectivity index (χ1) is 19.8. The minimum absolute atomic E-state index is 0.0310. The van der Waals surface area contributed by atoms with Gasteiger partial charge in [0.2, 0.25) is 0 Å². The lowest BCUT2D eigenvalue weighted by molar-refractivity contribution is -0.144. The molecule has 232 valence electrons. The second kappa shape index (κ2) is 10.4. The van der Waals surface area contributed by atoms with E-state index in [9.17, 15) is 52.7 Å². The third kappa shape index (κ3) is 6.42. The fourth-order valence-electron chi connectivity index (χ4n) is 5.27. The minimum atomic E-state index is -5.03. The van der Waals surface area contributed by atoms with Gasteiger partial charge in [-0.3, -0.25) is 4.98 Å². The predicted molar refractivity (Wildman–Crippen MR) is 131 cm³/mol. The highest BCUT2D eigenvalue weighted by atomic mass is 19.4. The van der Waals surface area contributed by atoms with Crippen LogP contribution in [0.4, 0.5) is 69.7 Å². The van der Waals surface area contributed by atoms with Gasteiger partial charge in [-0.2, -0.15) is 52.7 Å². The highest BCUT2D eigenvalue weighted by Crippen LogP contribution is 2.45. The summed E-state index contributed by atoms with van der Waals surface area (Å²) in [6.45, 7) is 0.342. The van der Waals surface area contributed by atoms with E-state index in [1.807, 2.05) is 4.90 Å². The Hall–Kier alpha value is -3.85. The number of halogens is 12. The fraction of sp³-hybridized carbons (Fsp3) is 0.370. The van der Waals surface area contributed by atoms with Crippen LogP contribution in [0.25, 0.3) is 0 Å². The van der Waals surface area contributed by atoms with Gasteiger partial charge < -0.3 is 14.7 Å². The van der Waals surface area contributed by atoms with Crippen LogP contribution in [-0.2, 0) is 37.8 Å². The van der Waals surface area contributed by atoms with Crippen LogP contribution in [0.2, 0.25) is 0 Å². The van der Waals surface area contributed by atoms with Crippen LogP contribution >= 0.6 is 0 Å². The number of aromatic nitrogens is 1. The van der Waals surface area contributed by atoms with Gasteiger partial charge in [0.05, 0.1) is 51.7 Å². The molecular formula is C27H20F12N4. The van der Waals surface area contributed by atoms with Crippen molar-refractivity contribution in [3.8, 4) is 0 Å². The first-order valence-corrected chi connectivity index (χ1v) is 12.6. The van der Waals surface area contributed by atoms with Crippen LogP contribution in [-0.4, -0.2) is 31.2 Å². The molecule has 1 aromatic heterocycles. The summed E-state index contributed by atoms with van der Waals surface area (Å²) in [6, 6.07) is 2.57. The zero-order chi connectivity index (χ0) is 31.5. The lowest BCUT2D eigenvalue weighted by Crippen LogP contribution is -2.48. The summed E-state index contributed by atoms with van der Waals surface area (Å²) in [6.07, 6.45) is -17.4. The Bertz CT molecular complexity index is 1340. The summed E-state index contributed by atoms with van der Waals surface area (Å²) in [4.78, 5) is 9.06. The summed E-state index contributed by atoms with van der Waals surface area (Å²) in [5.74, 6) is 0. The molecule has 2 aliphatic rings. The zero-order valence-corrected chi connectivity index (χ0v) is 21.7. The summed E-state index contributed by atoms with van der Waals surface area (Å²) < 4.78 is 161. The second-order valence-electron chi connectivity index (χ2n) is 10.2. The van der Waals surface area contributed by atoms with E-state index in [-0.39, 0.29) is 49.4 Å². The summed E-state index contributed by atoms with van der Waals surface area (Å²) in [7, 11) is 0. The number of alkyl halides is 12. The van der Waals surface area contributed by atoms with Gasteiger partial charge in [0, 0.05) is 39.3 Å². The van der Waals surface area contributed by atoms with Gasteiger partial charge in [-0.05, 0) is 47.5 Å². The van der Waals surface area contributed by atoms with Crippen molar-refractivity contribution in [1.29, 1.82) is 0 Å². The highest BCUT2D eigenvalue weighted by Gasteiger charge is 2.39. The Morgan fingerprint density at radius 2 is 0.814 bits per heavy atom. The third-order valence-corrected chi connectivity index (χ3v) is 7.20. The van der Waals surface area contributed by atoms with Crippen molar-refractivity contribution in [2.45, 2.75) is 37.8 Å². The number of nitrogens with zero attached hydrogens (tertiary/aromatic N) is 4. The van der Waals surface area contributed by atoms with E-state index in [4.69, 9.17) is 0 Å². The molecule has 2 aromatic carbocycles. The third-order valence-electron chi connectivity index (χ3n) is 7.20. The van der Waals surface area contributed by atoms with Gasteiger partial charge >= 0.3 is 24.7 Å². The molecule has 3 aromatic rings. The molecule has 0 aliphatic carbocycles. The fourth-order valence-corrected chi connectivity index (χ4v) is 5.27. The second-order valence-corrected chi connectivity index (χ2v) is 10.2. The predicted octanol–water partition coefficient (Wildman–Crippen LogP) is 8.00. The smallest absolute Gasteiger partial charge is 0.365 e. The molecule has 0 fully saturated rings. The largest absolute Gasteiger partial charge is 0.416 e. The van der Waals surface area contributed by atoms with Crippen molar-refractivity contribution in [3.05, 3.63) is 82.2 Å². The number of pyridine rings is 1. The topological polar surface area (TPSA) is 22.6 Å². The first-order valence-electron chi connectivity index (χ1n) is 12.6. The monoisotopic (exact) mass is 628 g/mol. The number of hydrogen-bond acceptors (Lipinski definition) is 4. The van der Waals surface area contributed by atoms with Gasteiger partial charge in [0.1, 0.15) is 0 Å². The molecule has 0 spiro atoms. The molecule has 0 saturated heterocycles. The number of rotatable bonds is 4. The van der Waals surface area contributed by atoms with Crippen LogP contribution in [0.5, 0.6) is 0 Å². The first kappa shape index (κ1) is 30.6. The van der Waals surface area contributed by atoms with Crippen LogP contribution in [0.15, 0.2) is 48.8 Å². The number of benzene rings is 2. The SMILES string of the molecule is FC(F)(F)c1cc(CN2CCN3CCN(Cc4cc(C(F)(F)F)cc(C(F)(F)F)c4)c4cncc2c43)cc(C(F)(F)F)c1. The van der Waals surface area contributed by atoms with Crippen molar-refractivity contribution in [2.75, 3.05) is 40.9 Å². The normalized spacial score (nSPS) is 16.0. The van der Waals surface area contributed by atoms with Crippen molar-refractivity contribution in [2.24, 2.45) is 0 Å². The van der Waals surface area contributed by atoms with E-state index < -0.39 is 47.0 Å². The van der Waals surface area contributed by atoms with Gasteiger partial charge in [-0.15, -0.1) is 0 Å². The Labute approximate surface area is 236 Å². The standard InChI is InChI=1S/C27H20F12N4/c28-24(29,30)17-5-15(6-18(9-17)25(31,32)33)13-42-3-1-41-2-4-43(22-12-40-11-21(42)23(22)41)14-16-7-19(26(34,35)36)10-20(8-16)27(37,38)39/h5-12H,1-4,13-14H2. The van der Waals surface area contributed by atoms with Gasteiger partial charge in [0.15, 0.2) is 0 Å². The molecule has 3 heterocycles. The zero-order valence-electron chi connectivity index (χ0n) is 21.7. The van der Waals surface area contributed by atoms with Crippen LogP contribution in [0, 0.1) is 0 Å². The van der Waals surface area contributed by atoms with Crippen LogP contribution in [0.3, 0.4) is 0 Å². The maximum Gasteiger partial charge on any atom is 0.416 e. The molecule has 0 amide bonds. The van der Waals surface area contributed by atoms with E-state index in [0.717, 1.165) is 0 Å². The molecule has 43 heavy (non-hydrogen) atoms. The van der Waals surface area contributed by atoms with Gasteiger partial charge in [-0.1, -0.05) is 0 Å². The minimum Gasteiger partial charge on any atom is -0.365 e. The molecule has 0 unspecified atom stereocenters. The lowest BCUT2D eigenvalue weighted by atomic mass is 10.0. The molecule has 4 nitrogen and oxygen atoms in total. The molecule has 0 saturated carbocycles. The maximum absolute atomic E-state index is 13.4. The van der Waals surface area contributed by atoms with Crippen LogP contribution in [0.1, 0.15) is 33.4 Å². The Balaban J connectivity index is 1.49. The van der Waals surface area contributed by atoms with E-state index in [1.165, 1.54) is 22.2 Å². The Morgan fingerprint density at radius 3 is 1.12 bits per heavy atom. The van der Waals surface area contributed by atoms with Crippen molar-refractivity contribution in [1.82, 2.24) is 4.98 Å². The lowest BCUT2D eigenvalue weighted by Gasteiger charge is -2.45. The maximum atomic E-state index is 13.4. The van der Waals surface area contributed by atoms with Crippen molar-refractivity contribution < 1.29 is 52.7 Å². The summed E-state index contributed by atoms with van der Waals surface area (Å²) in [5, 5.41) is 0.